The van der Waals surface area contributed by atoms with Crippen molar-refractivity contribution in [3.05, 3.63) is 46.9 Å². The molecule has 0 bridgehead atoms. The second-order valence-corrected chi connectivity index (χ2v) is 6.91. The molecule has 0 spiro atoms. The van der Waals surface area contributed by atoms with Crippen molar-refractivity contribution >= 4 is 28.5 Å². The molecule has 7 nitrogen and oxygen atoms in total. The number of amides is 2. The Labute approximate surface area is 160 Å². The third-order valence-electron chi connectivity index (χ3n) is 3.90. The van der Waals surface area contributed by atoms with Crippen LogP contribution in [-0.4, -0.2) is 30.1 Å². The topological polar surface area (TPSA) is 83.3 Å². The van der Waals surface area contributed by atoms with Crippen LogP contribution in [-0.2, 0) is 13.0 Å². The Morgan fingerprint density at radius 2 is 2.04 bits per heavy atom. The average molecular weight is 389 g/mol. The van der Waals surface area contributed by atoms with Crippen LogP contribution < -0.4 is 15.5 Å². The summed E-state index contributed by atoms with van der Waals surface area (Å²) >= 11 is 1.42. The molecule has 0 aliphatic carbocycles. The molecule has 2 N–H and O–H groups in total. The minimum atomic E-state index is -0.303. The summed E-state index contributed by atoms with van der Waals surface area (Å²) in [4.78, 5) is 23.3. The minimum Gasteiger partial charge on any atom is -0.431 e. The van der Waals surface area contributed by atoms with Crippen molar-refractivity contribution in [2.24, 2.45) is 0 Å². The molecule has 27 heavy (non-hydrogen) atoms. The number of benzene rings is 1. The van der Waals surface area contributed by atoms with Crippen LogP contribution in [0.15, 0.2) is 34.9 Å². The highest BCUT2D eigenvalue weighted by Crippen LogP contribution is 2.28. The van der Waals surface area contributed by atoms with E-state index in [1.165, 1.54) is 23.5 Å². The first-order valence-corrected chi connectivity index (χ1v) is 9.21. The van der Waals surface area contributed by atoms with Gasteiger partial charge in [-0.2, -0.15) is 4.98 Å². The van der Waals surface area contributed by atoms with Gasteiger partial charge in [0.1, 0.15) is 17.8 Å². The molecule has 0 aliphatic rings. The third-order valence-corrected chi connectivity index (χ3v) is 4.90. The van der Waals surface area contributed by atoms with Gasteiger partial charge < -0.3 is 14.6 Å². The maximum Gasteiger partial charge on any atom is 0.320 e. The molecule has 3 rings (SSSR count). The molecule has 2 amide bonds. The lowest BCUT2D eigenvalue weighted by Gasteiger charge is -2.13. The molecule has 0 fully saturated rings. The summed E-state index contributed by atoms with van der Waals surface area (Å²) in [5.41, 5.74) is 2.34. The van der Waals surface area contributed by atoms with Gasteiger partial charge >= 0.3 is 6.03 Å². The summed E-state index contributed by atoms with van der Waals surface area (Å²) in [6.07, 6.45) is 2.30. The van der Waals surface area contributed by atoms with Crippen molar-refractivity contribution in [3.8, 4) is 11.3 Å². The number of rotatable bonds is 6. The van der Waals surface area contributed by atoms with Crippen molar-refractivity contribution < 1.29 is 13.6 Å². The van der Waals surface area contributed by atoms with Crippen LogP contribution in [0.2, 0.25) is 0 Å². The van der Waals surface area contributed by atoms with Crippen molar-refractivity contribution in [1.29, 1.82) is 0 Å². The zero-order chi connectivity index (χ0) is 19.4. The van der Waals surface area contributed by atoms with E-state index in [1.54, 1.807) is 25.4 Å². The fourth-order valence-electron chi connectivity index (χ4n) is 2.47. The number of thiazole rings is 1. The Balaban J connectivity index is 1.74. The number of nitrogens with zero attached hydrogens (tertiary/aromatic N) is 3. The summed E-state index contributed by atoms with van der Waals surface area (Å²) in [5.74, 6) is -0.293. The van der Waals surface area contributed by atoms with E-state index in [0.717, 1.165) is 22.6 Å². The molecule has 0 radical (unpaired) electrons. The minimum absolute atomic E-state index is 0.293. The quantitative estimate of drug-likeness (QED) is 0.668. The number of hydrogen-bond donors (Lipinski definition) is 2. The van der Waals surface area contributed by atoms with E-state index in [2.05, 4.69) is 20.6 Å². The van der Waals surface area contributed by atoms with Gasteiger partial charge in [-0.3, -0.25) is 5.32 Å². The molecule has 0 aliphatic heterocycles. The number of anilines is 2. The van der Waals surface area contributed by atoms with E-state index in [-0.39, 0.29) is 11.8 Å². The number of hydrogen-bond acceptors (Lipinski definition) is 6. The molecule has 0 saturated carbocycles. The van der Waals surface area contributed by atoms with Gasteiger partial charge in [0, 0.05) is 24.5 Å². The molecular formula is C18H20FN5O2S. The van der Waals surface area contributed by atoms with Crippen LogP contribution in [0.25, 0.3) is 11.3 Å². The number of oxazole rings is 1. The lowest BCUT2D eigenvalue weighted by molar-refractivity contribution is 0.254. The maximum atomic E-state index is 13.1. The lowest BCUT2D eigenvalue weighted by Crippen LogP contribution is -2.24. The number of carbonyl (C=O) groups is 1. The van der Waals surface area contributed by atoms with Crippen LogP contribution in [0.3, 0.4) is 0 Å². The first kappa shape index (κ1) is 18.8. The summed E-state index contributed by atoms with van der Waals surface area (Å²) in [7, 11) is 3.42. The Kier molecular flexibility index (Phi) is 5.70. The van der Waals surface area contributed by atoms with Gasteiger partial charge in [-0.1, -0.05) is 18.3 Å². The van der Waals surface area contributed by atoms with E-state index in [1.807, 2.05) is 18.9 Å². The van der Waals surface area contributed by atoms with E-state index < -0.39 is 0 Å². The van der Waals surface area contributed by atoms with E-state index in [0.29, 0.717) is 23.4 Å². The van der Waals surface area contributed by atoms with E-state index >= 15 is 0 Å². The summed E-state index contributed by atoms with van der Waals surface area (Å²) in [5, 5.41) is 5.76. The molecule has 0 unspecified atom stereocenters. The van der Waals surface area contributed by atoms with Crippen molar-refractivity contribution in [2.75, 3.05) is 24.3 Å². The summed E-state index contributed by atoms with van der Waals surface area (Å²) < 4.78 is 18.6. The Morgan fingerprint density at radius 1 is 1.30 bits per heavy atom. The molecule has 2 aromatic heterocycles. The van der Waals surface area contributed by atoms with E-state index in [9.17, 15) is 9.18 Å². The van der Waals surface area contributed by atoms with Gasteiger partial charge in [-0.15, -0.1) is 0 Å². The fourth-order valence-corrected chi connectivity index (χ4v) is 3.57. The molecule has 0 saturated heterocycles. The molecule has 142 valence electrons. The molecule has 9 heteroatoms. The zero-order valence-corrected chi connectivity index (χ0v) is 16.1. The Morgan fingerprint density at radius 3 is 2.70 bits per heavy atom. The molecule has 3 aromatic rings. The number of aromatic nitrogens is 2. The first-order valence-electron chi connectivity index (χ1n) is 8.40. The Hall–Kier alpha value is -2.94. The van der Waals surface area contributed by atoms with Crippen LogP contribution in [0.5, 0.6) is 0 Å². The first-order chi connectivity index (χ1) is 13.0. The second kappa shape index (κ2) is 8.17. The highest BCUT2D eigenvalue weighted by Gasteiger charge is 2.16. The van der Waals surface area contributed by atoms with Crippen molar-refractivity contribution in [2.45, 2.75) is 19.9 Å². The lowest BCUT2D eigenvalue weighted by atomic mass is 10.2. The number of nitrogens with one attached hydrogen (secondary N) is 2. The maximum absolute atomic E-state index is 13.1. The largest absolute Gasteiger partial charge is 0.431 e. The normalized spacial score (nSPS) is 10.7. The molecule has 1 aromatic carbocycles. The van der Waals surface area contributed by atoms with Gasteiger partial charge in [0.2, 0.25) is 0 Å². The monoisotopic (exact) mass is 389 g/mol. The molecule has 2 heterocycles. The van der Waals surface area contributed by atoms with Crippen LogP contribution in [0, 0.1) is 5.82 Å². The smallest absolute Gasteiger partial charge is 0.320 e. The van der Waals surface area contributed by atoms with Gasteiger partial charge in [0.05, 0.1) is 12.2 Å². The number of halogens is 1. The second-order valence-electron chi connectivity index (χ2n) is 5.82. The zero-order valence-electron chi connectivity index (χ0n) is 15.2. The Bertz CT molecular complexity index is 922. The number of urea groups is 1. The van der Waals surface area contributed by atoms with Gasteiger partial charge in [0.25, 0.3) is 6.01 Å². The predicted octanol–water partition coefficient (Wildman–Crippen LogP) is 3.89. The third kappa shape index (κ3) is 4.43. The van der Waals surface area contributed by atoms with Crippen LogP contribution in [0.4, 0.5) is 20.3 Å². The predicted molar refractivity (Wildman–Crippen MR) is 104 cm³/mol. The average Bonchev–Trinajstić information content (AvgIpc) is 3.29. The fraction of sp³-hybridized carbons (Fsp3) is 0.278. The summed E-state index contributed by atoms with van der Waals surface area (Å²) in [6, 6.07) is 6.24. The summed E-state index contributed by atoms with van der Waals surface area (Å²) in [6.45, 7) is 2.56. The van der Waals surface area contributed by atoms with Gasteiger partial charge in [-0.25, -0.2) is 14.2 Å². The SMILES string of the molecule is CCc1nc(NC(=O)NC)sc1CN(C)c1nc(-c2ccc(F)cc2)co1. The van der Waals surface area contributed by atoms with Gasteiger partial charge in [-0.05, 0) is 30.7 Å². The van der Waals surface area contributed by atoms with Crippen molar-refractivity contribution in [1.82, 2.24) is 15.3 Å². The molecular weight excluding hydrogens is 369 g/mol. The highest BCUT2D eigenvalue weighted by atomic mass is 32.1. The van der Waals surface area contributed by atoms with Crippen molar-refractivity contribution in [3.63, 3.8) is 0 Å². The van der Waals surface area contributed by atoms with E-state index in [4.69, 9.17) is 4.42 Å². The standard InChI is InChI=1S/C18H20FN5O2S/c1-4-13-15(27-17(21-13)23-16(25)20-2)9-24(3)18-22-14(10-26-18)11-5-7-12(19)8-6-11/h5-8,10H,4,9H2,1-3H3,(H2,20,21,23,25). The van der Waals surface area contributed by atoms with Gasteiger partial charge in [0.15, 0.2) is 5.13 Å². The number of carbonyl (C=O) groups excluding carboxylic acids is 1. The number of aryl methyl sites for hydroxylation is 1. The van der Waals surface area contributed by atoms with Crippen LogP contribution >= 0.6 is 11.3 Å². The molecule has 0 atom stereocenters. The highest BCUT2D eigenvalue weighted by molar-refractivity contribution is 7.15. The van der Waals surface area contributed by atoms with Crippen LogP contribution in [0.1, 0.15) is 17.5 Å².